The van der Waals surface area contributed by atoms with Crippen LogP contribution in [-0.2, 0) is 16.1 Å². The number of hydrogen-bond acceptors (Lipinski definition) is 6. The molecule has 0 aliphatic carbocycles. The fourth-order valence-electron chi connectivity index (χ4n) is 4.32. The molecule has 1 fully saturated rings. The van der Waals surface area contributed by atoms with Gasteiger partial charge in [-0.25, -0.2) is 0 Å². The zero-order valence-electron chi connectivity index (χ0n) is 20.5. The first-order valence-corrected chi connectivity index (χ1v) is 12.2. The minimum Gasteiger partial charge on any atom is -0.507 e. The third-order valence-electron chi connectivity index (χ3n) is 6.03. The summed E-state index contributed by atoms with van der Waals surface area (Å²) in [7, 11) is 2.93. The largest absolute Gasteiger partial charge is 0.507 e. The van der Waals surface area contributed by atoms with Crippen molar-refractivity contribution in [2.75, 3.05) is 20.8 Å². The van der Waals surface area contributed by atoms with E-state index in [1.54, 1.807) is 43.5 Å². The highest BCUT2D eigenvalue weighted by Crippen LogP contribution is 2.44. The molecule has 4 rings (SSSR count). The molecule has 3 aromatic carbocycles. The van der Waals surface area contributed by atoms with Gasteiger partial charge in [0.15, 0.2) is 0 Å². The van der Waals surface area contributed by atoms with Gasteiger partial charge in [0.2, 0.25) is 0 Å². The summed E-state index contributed by atoms with van der Waals surface area (Å²) in [6, 6.07) is 16.2. The summed E-state index contributed by atoms with van der Waals surface area (Å²) in [5.41, 5.74) is 1.40. The molecule has 1 unspecified atom stereocenters. The van der Waals surface area contributed by atoms with Crippen LogP contribution >= 0.6 is 23.2 Å². The number of methoxy groups -OCH3 is 2. The summed E-state index contributed by atoms with van der Waals surface area (Å²) in [6.45, 7) is 2.55. The molecule has 0 spiro atoms. The van der Waals surface area contributed by atoms with Gasteiger partial charge in [0, 0.05) is 11.6 Å². The van der Waals surface area contributed by atoms with Crippen molar-refractivity contribution in [3.05, 3.63) is 93.0 Å². The number of carbonyl (C=O) groups is 2. The first-order chi connectivity index (χ1) is 17.8. The van der Waals surface area contributed by atoms with E-state index in [-0.39, 0.29) is 33.5 Å². The number of rotatable bonds is 8. The Kier molecular flexibility index (Phi) is 7.95. The molecular formula is C28H25Cl2NO6. The van der Waals surface area contributed by atoms with Crippen molar-refractivity contribution in [3.8, 4) is 17.2 Å². The van der Waals surface area contributed by atoms with Gasteiger partial charge < -0.3 is 24.2 Å². The highest BCUT2D eigenvalue weighted by atomic mass is 35.5. The molecule has 0 aromatic heterocycles. The molecule has 1 amide bonds. The van der Waals surface area contributed by atoms with Crippen LogP contribution in [0.4, 0.5) is 0 Å². The molecule has 7 nitrogen and oxygen atoms in total. The Labute approximate surface area is 224 Å². The Morgan fingerprint density at radius 3 is 2.19 bits per heavy atom. The van der Waals surface area contributed by atoms with Gasteiger partial charge >= 0.3 is 0 Å². The summed E-state index contributed by atoms with van der Waals surface area (Å²) in [4.78, 5) is 28.1. The molecule has 9 heteroatoms. The summed E-state index contributed by atoms with van der Waals surface area (Å²) in [5, 5.41) is 11.8. The van der Waals surface area contributed by atoms with E-state index in [1.807, 2.05) is 19.1 Å². The van der Waals surface area contributed by atoms with E-state index in [9.17, 15) is 14.7 Å². The number of aliphatic hydroxyl groups excluding tert-OH is 1. The predicted octanol–water partition coefficient (Wildman–Crippen LogP) is 6.03. The van der Waals surface area contributed by atoms with Gasteiger partial charge in [0.05, 0.1) is 43.0 Å². The third-order valence-corrected chi connectivity index (χ3v) is 6.53. The Hall–Kier alpha value is -3.68. The Morgan fingerprint density at radius 2 is 1.59 bits per heavy atom. The number of halogens is 2. The van der Waals surface area contributed by atoms with Crippen LogP contribution in [-0.4, -0.2) is 42.5 Å². The molecule has 37 heavy (non-hydrogen) atoms. The van der Waals surface area contributed by atoms with Crippen molar-refractivity contribution < 1.29 is 28.9 Å². The number of nitrogens with zero attached hydrogens (tertiary/aromatic N) is 1. The number of ether oxygens (including phenoxy) is 3. The third kappa shape index (κ3) is 5.24. The number of Topliss-reactive ketones (excluding diaryl/α,β-unsaturated/α-hetero) is 1. The van der Waals surface area contributed by atoms with Crippen molar-refractivity contribution in [2.45, 2.75) is 19.5 Å². The molecule has 1 N–H and O–H groups in total. The van der Waals surface area contributed by atoms with Crippen molar-refractivity contribution in [1.29, 1.82) is 0 Å². The quantitative estimate of drug-likeness (QED) is 0.213. The molecule has 1 aliphatic rings. The number of hydrogen-bond donors (Lipinski definition) is 1. The smallest absolute Gasteiger partial charge is 0.295 e. The summed E-state index contributed by atoms with van der Waals surface area (Å²) in [5.74, 6) is -0.574. The zero-order chi connectivity index (χ0) is 26.7. The second-order valence-electron chi connectivity index (χ2n) is 8.25. The molecule has 1 saturated heterocycles. The highest BCUT2D eigenvalue weighted by molar-refractivity contribution is 6.46. The average molecular weight is 542 g/mol. The van der Waals surface area contributed by atoms with Crippen LogP contribution < -0.4 is 14.2 Å². The molecule has 192 valence electrons. The Morgan fingerprint density at radius 1 is 0.946 bits per heavy atom. The highest BCUT2D eigenvalue weighted by Gasteiger charge is 2.46. The minimum atomic E-state index is -0.889. The molecular weight excluding hydrogens is 517 g/mol. The number of likely N-dealkylation sites (tertiary alicyclic amines) is 1. The Bertz CT molecular complexity index is 1350. The first-order valence-electron chi connectivity index (χ1n) is 11.5. The topological polar surface area (TPSA) is 85.3 Å². The predicted molar refractivity (Wildman–Crippen MR) is 141 cm³/mol. The lowest BCUT2D eigenvalue weighted by Gasteiger charge is -2.26. The van der Waals surface area contributed by atoms with Crippen molar-refractivity contribution >= 4 is 40.7 Å². The van der Waals surface area contributed by atoms with Crippen LogP contribution in [0.2, 0.25) is 10.0 Å². The molecule has 3 aromatic rings. The van der Waals surface area contributed by atoms with Crippen LogP contribution in [0, 0.1) is 0 Å². The van der Waals surface area contributed by atoms with E-state index in [4.69, 9.17) is 37.4 Å². The molecule has 1 atom stereocenters. The van der Waals surface area contributed by atoms with Gasteiger partial charge in [-0.2, -0.15) is 0 Å². The van der Waals surface area contributed by atoms with Gasteiger partial charge in [-0.05, 0) is 54.4 Å². The molecule has 1 heterocycles. The van der Waals surface area contributed by atoms with Gasteiger partial charge in [-0.1, -0.05) is 47.5 Å². The standard InChI is InChI=1S/C28H25Cl2NO6/c1-4-37-20-9-5-16(6-10-20)15-31-24(17-7-11-19(35-2)12-8-17)23(26(33)28(31)34)25(32)21-13-18(29)14-22(30)27(21)36-3/h5-14,24,32H,4,15H2,1-3H3/b25-23+. The van der Waals surface area contributed by atoms with Gasteiger partial charge in [0.1, 0.15) is 23.0 Å². The van der Waals surface area contributed by atoms with Gasteiger partial charge in [-0.3, -0.25) is 9.59 Å². The van der Waals surface area contributed by atoms with E-state index in [2.05, 4.69) is 0 Å². The number of aliphatic hydroxyl groups is 1. The molecule has 0 bridgehead atoms. The number of amides is 1. The maximum absolute atomic E-state index is 13.4. The van der Waals surface area contributed by atoms with Crippen LogP contribution in [0.3, 0.4) is 0 Å². The maximum Gasteiger partial charge on any atom is 0.295 e. The zero-order valence-corrected chi connectivity index (χ0v) is 22.0. The van der Waals surface area contributed by atoms with Crippen LogP contribution in [0.5, 0.6) is 17.2 Å². The minimum absolute atomic E-state index is 0.0993. The maximum atomic E-state index is 13.4. The molecule has 0 saturated carbocycles. The van der Waals surface area contributed by atoms with Crippen molar-refractivity contribution in [1.82, 2.24) is 4.90 Å². The normalized spacial score (nSPS) is 16.7. The van der Waals surface area contributed by atoms with Crippen molar-refractivity contribution in [2.24, 2.45) is 0 Å². The van der Waals surface area contributed by atoms with E-state index in [1.165, 1.54) is 24.1 Å². The lowest BCUT2D eigenvalue weighted by atomic mass is 9.94. The molecule has 1 aliphatic heterocycles. The van der Waals surface area contributed by atoms with Gasteiger partial charge in [0.25, 0.3) is 11.7 Å². The number of benzene rings is 3. The lowest BCUT2D eigenvalue weighted by molar-refractivity contribution is -0.140. The fraction of sp³-hybridized carbons (Fsp3) is 0.214. The van der Waals surface area contributed by atoms with E-state index in [0.717, 1.165) is 5.56 Å². The van der Waals surface area contributed by atoms with E-state index >= 15 is 0 Å². The van der Waals surface area contributed by atoms with Crippen LogP contribution in [0.15, 0.2) is 66.2 Å². The van der Waals surface area contributed by atoms with Crippen LogP contribution in [0.1, 0.15) is 29.7 Å². The van der Waals surface area contributed by atoms with Crippen LogP contribution in [0.25, 0.3) is 5.76 Å². The second-order valence-corrected chi connectivity index (χ2v) is 9.09. The SMILES string of the molecule is CCOc1ccc(CN2C(=O)C(=O)/C(=C(/O)c3cc(Cl)cc(Cl)c3OC)C2c2ccc(OC)cc2)cc1. The average Bonchev–Trinajstić information content (AvgIpc) is 3.14. The van der Waals surface area contributed by atoms with Gasteiger partial charge in [-0.15, -0.1) is 0 Å². The van der Waals surface area contributed by atoms with E-state index < -0.39 is 23.5 Å². The van der Waals surface area contributed by atoms with E-state index in [0.29, 0.717) is 23.7 Å². The Balaban J connectivity index is 1.86. The van der Waals surface area contributed by atoms with Crippen molar-refractivity contribution in [3.63, 3.8) is 0 Å². The number of ketones is 1. The first kappa shape index (κ1) is 26.4. The lowest BCUT2D eigenvalue weighted by Crippen LogP contribution is -2.29. The summed E-state index contributed by atoms with van der Waals surface area (Å²) < 4.78 is 16.1. The fourth-order valence-corrected chi connectivity index (χ4v) is 4.89. The summed E-state index contributed by atoms with van der Waals surface area (Å²) >= 11 is 12.5. The monoisotopic (exact) mass is 541 g/mol. The second kappa shape index (κ2) is 11.2. The molecule has 0 radical (unpaired) electrons. The number of carbonyl (C=O) groups excluding carboxylic acids is 2. The summed E-state index contributed by atoms with van der Waals surface area (Å²) in [6.07, 6.45) is 0.